The van der Waals surface area contributed by atoms with Crippen LogP contribution in [0.5, 0.6) is 0 Å². The number of nitrogens with zero attached hydrogens (tertiary/aromatic N) is 3. The molecule has 0 aliphatic carbocycles. The highest BCUT2D eigenvalue weighted by molar-refractivity contribution is 5.91. The van der Waals surface area contributed by atoms with E-state index in [1.165, 1.54) is 6.07 Å². The highest BCUT2D eigenvalue weighted by Crippen LogP contribution is 2.25. The number of hydrogen-bond acceptors (Lipinski definition) is 7. The number of benzene rings is 1. The van der Waals surface area contributed by atoms with Crippen LogP contribution in [0.15, 0.2) is 33.5 Å². The first-order valence-corrected chi connectivity index (χ1v) is 7.57. The van der Waals surface area contributed by atoms with Gasteiger partial charge in [0, 0.05) is 18.8 Å². The fraction of sp³-hybridized carbons (Fsp3) is 0.235. The summed E-state index contributed by atoms with van der Waals surface area (Å²) in [7, 11) is 0. The maximum absolute atomic E-state index is 12.8. The molecule has 1 fully saturated rings. The Morgan fingerprint density at radius 1 is 1.21 bits per heavy atom. The number of anilines is 2. The summed E-state index contributed by atoms with van der Waals surface area (Å²) in [6.07, 6.45) is 0. The van der Waals surface area contributed by atoms with Gasteiger partial charge in [0.1, 0.15) is 17.5 Å². The van der Waals surface area contributed by atoms with Gasteiger partial charge in [-0.2, -0.15) is 10.2 Å². The Hall–Kier alpha value is -3.11. The lowest BCUT2D eigenvalue weighted by Crippen LogP contribution is -2.36. The lowest BCUT2D eigenvalue weighted by molar-refractivity contribution is 0.122. The normalized spacial score (nSPS) is 14.9. The van der Waals surface area contributed by atoms with Crippen molar-refractivity contribution in [1.82, 2.24) is 4.98 Å². The summed E-state index contributed by atoms with van der Waals surface area (Å²) in [4.78, 5) is 19.0. The van der Waals surface area contributed by atoms with Crippen molar-refractivity contribution < 1.29 is 9.15 Å². The Labute approximate surface area is 136 Å². The van der Waals surface area contributed by atoms with Crippen molar-refractivity contribution in [3.8, 4) is 6.07 Å². The second-order valence-electron chi connectivity index (χ2n) is 5.60. The molecule has 0 amide bonds. The number of rotatable bonds is 1. The molecule has 7 nitrogen and oxygen atoms in total. The second-order valence-corrected chi connectivity index (χ2v) is 5.60. The number of nitriles is 1. The maximum Gasteiger partial charge on any atom is 0.232 e. The Morgan fingerprint density at radius 2 is 2.00 bits per heavy atom. The highest BCUT2D eigenvalue weighted by atomic mass is 16.5. The largest absolute Gasteiger partial charge is 0.437 e. The molecule has 2 N–H and O–H groups in total. The van der Waals surface area contributed by atoms with Gasteiger partial charge < -0.3 is 19.8 Å². The minimum Gasteiger partial charge on any atom is -0.437 e. The van der Waals surface area contributed by atoms with E-state index in [0.717, 1.165) is 18.8 Å². The molecule has 0 unspecified atom stereocenters. The van der Waals surface area contributed by atoms with Crippen LogP contribution >= 0.6 is 0 Å². The van der Waals surface area contributed by atoms with Crippen LogP contribution in [0.4, 0.5) is 11.5 Å². The molecule has 0 bridgehead atoms. The zero-order valence-electron chi connectivity index (χ0n) is 12.8. The van der Waals surface area contributed by atoms with E-state index in [1.54, 1.807) is 6.07 Å². The van der Waals surface area contributed by atoms with Gasteiger partial charge in [-0.15, -0.1) is 0 Å². The Kier molecular flexibility index (Phi) is 3.32. The van der Waals surface area contributed by atoms with Gasteiger partial charge in [-0.25, -0.2) is 0 Å². The van der Waals surface area contributed by atoms with Gasteiger partial charge in [-0.1, -0.05) is 0 Å². The molecule has 4 rings (SSSR count). The summed E-state index contributed by atoms with van der Waals surface area (Å²) in [5.74, 6) is 0.0532. The summed E-state index contributed by atoms with van der Waals surface area (Å²) in [6, 6.07) is 8.86. The number of hydrogen-bond donors (Lipinski definition) is 1. The van der Waals surface area contributed by atoms with Crippen molar-refractivity contribution in [3.05, 3.63) is 40.1 Å². The third-order valence-corrected chi connectivity index (χ3v) is 4.17. The smallest absolute Gasteiger partial charge is 0.232 e. The first kappa shape index (κ1) is 14.5. The SMILES string of the molecule is N#Cc1cc2c(=O)c3cc(N4CCOCC4)ccc3oc2nc1N. The van der Waals surface area contributed by atoms with Gasteiger partial charge >= 0.3 is 0 Å². The number of ether oxygens (including phenoxy) is 1. The van der Waals surface area contributed by atoms with Crippen molar-refractivity contribution in [3.63, 3.8) is 0 Å². The molecule has 1 saturated heterocycles. The van der Waals surface area contributed by atoms with Crippen molar-refractivity contribution in [2.75, 3.05) is 36.9 Å². The first-order chi connectivity index (χ1) is 11.7. The number of nitrogen functional groups attached to an aromatic ring is 1. The van der Waals surface area contributed by atoms with Crippen LogP contribution in [-0.4, -0.2) is 31.3 Å². The van der Waals surface area contributed by atoms with E-state index in [2.05, 4.69) is 9.88 Å². The van der Waals surface area contributed by atoms with Gasteiger partial charge in [-0.3, -0.25) is 4.79 Å². The average Bonchev–Trinajstić information content (AvgIpc) is 2.62. The minimum atomic E-state index is -0.217. The Bertz CT molecular complexity index is 1050. The topological polar surface area (TPSA) is 105 Å². The van der Waals surface area contributed by atoms with Crippen LogP contribution in [0.3, 0.4) is 0 Å². The third-order valence-electron chi connectivity index (χ3n) is 4.17. The van der Waals surface area contributed by atoms with Crippen molar-refractivity contribution in [2.24, 2.45) is 0 Å². The summed E-state index contributed by atoms with van der Waals surface area (Å²) in [5, 5.41) is 9.79. The lowest BCUT2D eigenvalue weighted by Gasteiger charge is -2.28. The Morgan fingerprint density at radius 3 is 2.75 bits per heavy atom. The van der Waals surface area contributed by atoms with E-state index < -0.39 is 0 Å². The fourth-order valence-corrected chi connectivity index (χ4v) is 2.89. The molecule has 120 valence electrons. The molecule has 1 aliphatic rings. The second kappa shape index (κ2) is 5.51. The molecule has 3 heterocycles. The van der Waals surface area contributed by atoms with E-state index in [4.69, 9.17) is 20.1 Å². The van der Waals surface area contributed by atoms with E-state index in [9.17, 15) is 4.79 Å². The van der Waals surface area contributed by atoms with E-state index in [1.807, 2.05) is 18.2 Å². The van der Waals surface area contributed by atoms with E-state index >= 15 is 0 Å². The van der Waals surface area contributed by atoms with Crippen molar-refractivity contribution >= 4 is 33.6 Å². The first-order valence-electron chi connectivity index (χ1n) is 7.57. The number of aromatic nitrogens is 1. The molecule has 0 radical (unpaired) electrons. The van der Waals surface area contributed by atoms with Crippen LogP contribution in [0.1, 0.15) is 5.56 Å². The molecule has 0 atom stereocenters. The lowest BCUT2D eigenvalue weighted by atomic mass is 10.1. The predicted molar refractivity (Wildman–Crippen MR) is 89.9 cm³/mol. The van der Waals surface area contributed by atoms with Crippen LogP contribution in [0.2, 0.25) is 0 Å². The summed E-state index contributed by atoms with van der Waals surface area (Å²) in [5.41, 5.74) is 7.18. The van der Waals surface area contributed by atoms with Crippen LogP contribution in [0.25, 0.3) is 22.1 Å². The number of nitrogens with two attached hydrogens (primary N) is 1. The third kappa shape index (κ3) is 2.25. The van der Waals surface area contributed by atoms with Gasteiger partial charge in [0.25, 0.3) is 0 Å². The zero-order chi connectivity index (χ0) is 16.7. The number of morpholine rings is 1. The zero-order valence-corrected chi connectivity index (χ0v) is 12.8. The highest BCUT2D eigenvalue weighted by Gasteiger charge is 2.15. The summed E-state index contributed by atoms with van der Waals surface area (Å²) >= 11 is 0. The molecule has 3 aromatic rings. The molecular formula is C17H14N4O3. The molecule has 1 aliphatic heterocycles. The van der Waals surface area contributed by atoms with Gasteiger partial charge in [0.2, 0.25) is 11.1 Å². The van der Waals surface area contributed by atoms with E-state index in [0.29, 0.717) is 24.2 Å². The molecule has 1 aromatic carbocycles. The predicted octanol–water partition coefficient (Wildman–Crippen LogP) is 1.63. The molecule has 24 heavy (non-hydrogen) atoms. The summed E-state index contributed by atoms with van der Waals surface area (Å²) < 4.78 is 11.1. The standard InChI is InChI=1S/C17H14N4O3/c18-9-10-7-13-15(22)12-8-11(21-3-5-23-6-4-21)1-2-14(12)24-17(13)20-16(10)19/h1-2,7-8H,3-6H2,(H2,19,20). The van der Waals surface area contributed by atoms with Gasteiger partial charge in [0.05, 0.1) is 29.5 Å². The monoisotopic (exact) mass is 322 g/mol. The van der Waals surface area contributed by atoms with Gasteiger partial charge in [0.15, 0.2) is 0 Å². The number of pyridine rings is 1. The summed E-state index contributed by atoms with van der Waals surface area (Å²) in [6.45, 7) is 2.89. The molecule has 2 aromatic heterocycles. The molecule has 0 saturated carbocycles. The maximum atomic E-state index is 12.8. The van der Waals surface area contributed by atoms with Crippen molar-refractivity contribution in [2.45, 2.75) is 0 Å². The van der Waals surface area contributed by atoms with E-state index in [-0.39, 0.29) is 27.9 Å². The van der Waals surface area contributed by atoms with Crippen LogP contribution in [-0.2, 0) is 4.74 Å². The van der Waals surface area contributed by atoms with Crippen LogP contribution < -0.4 is 16.1 Å². The quantitative estimate of drug-likeness (QED) is 0.679. The van der Waals surface area contributed by atoms with Crippen LogP contribution in [0, 0.1) is 11.3 Å². The average molecular weight is 322 g/mol. The fourth-order valence-electron chi connectivity index (χ4n) is 2.89. The van der Waals surface area contributed by atoms with Crippen molar-refractivity contribution in [1.29, 1.82) is 5.26 Å². The van der Waals surface area contributed by atoms with Gasteiger partial charge in [-0.05, 0) is 24.3 Å². The number of fused-ring (bicyclic) bond motifs is 2. The molecular weight excluding hydrogens is 308 g/mol. The minimum absolute atomic E-state index is 0.0532. The molecule has 7 heteroatoms. The Balaban J connectivity index is 1.94. The molecule has 0 spiro atoms.